The topological polar surface area (TPSA) is 67.7 Å². The lowest BCUT2D eigenvalue weighted by Crippen LogP contribution is -2.47. The zero-order valence-corrected chi connectivity index (χ0v) is 18.5. The number of nitrogens with zero attached hydrogens (tertiary/aromatic N) is 4. The van der Waals surface area contributed by atoms with Crippen molar-refractivity contribution < 1.29 is 14.3 Å². The molecule has 2 radical (unpaired) electrons. The van der Waals surface area contributed by atoms with Crippen molar-refractivity contribution >= 4 is 25.3 Å². The van der Waals surface area contributed by atoms with Gasteiger partial charge in [-0.25, -0.2) is 9.78 Å². The first kappa shape index (κ1) is 21.5. The third-order valence-electron chi connectivity index (χ3n) is 5.89. The predicted molar refractivity (Wildman–Crippen MR) is 118 cm³/mol. The molecule has 3 heterocycles. The van der Waals surface area contributed by atoms with Crippen molar-refractivity contribution in [3.63, 3.8) is 0 Å². The molecule has 4 rings (SSSR count). The molecule has 0 saturated carbocycles. The van der Waals surface area contributed by atoms with Gasteiger partial charge < -0.3 is 19.1 Å². The Kier molecular flexibility index (Phi) is 5.82. The lowest BCUT2D eigenvalue weighted by Gasteiger charge is -2.39. The summed E-state index contributed by atoms with van der Waals surface area (Å²) in [5.74, 6) is 0.407. The second kappa shape index (κ2) is 8.40. The molecule has 1 aromatic carbocycles. The first-order valence-electron chi connectivity index (χ1n) is 10.8. The number of carbonyl (C=O) groups excluding carboxylic acids is 2. The Hall–Kier alpha value is -2.77. The zero-order valence-electron chi connectivity index (χ0n) is 18.5. The molecule has 162 valence electrons. The molecular formula is C23H29BN4O3. The summed E-state index contributed by atoms with van der Waals surface area (Å²) in [5, 5.41) is 0. The van der Waals surface area contributed by atoms with Gasteiger partial charge in [0, 0.05) is 25.8 Å². The molecule has 0 bridgehead atoms. The normalized spacial score (nSPS) is 20.0. The summed E-state index contributed by atoms with van der Waals surface area (Å²) in [5.41, 5.74) is 2.03. The lowest BCUT2D eigenvalue weighted by atomic mass is 9.91. The summed E-state index contributed by atoms with van der Waals surface area (Å²) >= 11 is 0. The van der Waals surface area contributed by atoms with Gasteiger partial charge in [0.2, 0.25) is 0 Å². The van der Waals surface area contributed by atoms with Crippen molar-refractivity contribution in [2.45, 2.75) is 51.8 Å². The molecular weight excluding hydrogens is 391 g/mol. The number of fused-ring (bicyclic) bond motifs is 1. The number of imidazole rings is 1. The third kappa shape index (κ3) is 4.78. The molecule has 2 aliphatic rings. The van der Waals surface area contributed by atoms with E-state index in [0.717, 1.165) is 24.1 Å². The summed E-state index contributed by atoms with van der Waals surface area (Å²) in [6, 6.07) is 7.04. The van der Waals surface area contributed by atoms with E-state index < -0.39 is 11.6 Å². The number of benzene rings is 1. The molecule has 8 heteroatoms. The van der Waals surface area contributed by atoms with Crippen LogP contribution in [0, 0.1) is 5.92 Å². The number of amides is 2. The predicted octanol–water partition coefficient (Wildman–Crippen LogP) is 2.26. The molecule has 1 saturated heterocycles. The van der Waals surface area contributed by atoms with E-state index in [1.54, 1.807) is 11.2 Å². The fourth-order valence-electron chi connectivity index (χ4n) is 4.38. The Bertz CT molecular complexity index is 960. The number of carbonyl (C=O) groups is 2. The number of ether oxygens (including phenoxy) is 1. The van der Waals surface area contributed by atoms with Gasteiger partial charge in [0.15, 0.2) is 0 Å². The van der Waals surface area contributed by atoms with E-state index in [2.05, 4.69) is 4.98 Å². The molecule has 1 fully saturated rings. The van der Waals surface area contributed by atoms with Gasteiger partial charge in [0.05, 0.1) is 18.6 Å². The Labute approximate surface area is 184 Å². The van der Waals surface area contributed by atoms with Crippen LogP contribution >= 0.6 is 0 Å². The van der Waals surface area contributed by atoms with Gasteiger partial charge in [-0.1, -0.05) is 29.7 Å². The Morgan fingerprint density at radius 3 is 2.68 bits per heavy atom. The smallest absolute Gasteiger partial charge is 0.410 e. The van der Waals surface area contributed by atoms with Crippen LogP contribution in [0.25, 0.3) is 0 Å². The van der Waals surface area contributed by atoms with Crippen LogP contribution in [0.15, 0.2) is 36.8 Å². The number of rotatable bonds is 3. The van der Waals surface area contributed by atoms with Gasteiger partial charge in [-0.05, 0) is 45.1 Å². The standard InChI is InChI=1S/C23H29BN4O3/c1-23(2,3)31-22(30)26-9-7-16(8-10-26)13-27-14-19-12-25-15-28(19)20(21(27)29)17-5-4-6-18(24)11-17/h4-6,11-12,15-16,20H,7-10,13-14H2,1-3H3. The molecule has 31 heavy (non-hydrogen) atoms. The van der Waals surface area contributed by atoms with Crippen molar-refractivity contribution in [2.75, 3.05) is 19.6 Å². The summed E-state index contributed by atoms with van der Waals surface area (Å²) in [6.45, 7) is 8.15. The van der Waals surface area contributed by atoms with E-state index in [9.17, 15) is 9.59 Å². The van der Waals surface area contributed by atoms with E-state index in [1.165, 1.54) is 0 Å². The number of aromatic nitrogens is 2. The minimum Gasteiger partial charge on any atom is -0.444 e. The first-order valence-corrected chi connectivity index (χ1v) is 10.8. The summed E-state index contributed by atoms with van der Waals surface area (Å²) in [4.78, 5) is 33.7. The monoisotopic (exact) mass is 420 g/mol. The maximum absolute atomic E-state index is 13.5. The van der Waals surface area contributed by atoms with E-state index in [4.69, 9.17) is 12.6 Å². The Morgan fingerprint density at radius 2 is 2.00 bits per heavy atom. The fraction of sp³-hybridized carbons (Fsp3) is 0.522. The molecule has 0 spiro atoms. The van der Waals surface area contributed by atoms with Crippen LogP contribution in [0.2, 0.25) is 0 Å². The fourth-order valence-corrected chi connectivity index (χ4v) is 4.38. The lowest BCUT2D eigenvalue weighted by molar-refractivity contribution is -0.137. The van der Waals surface area contributed by atoms with Crippen molar-refractivity contribution in [1.82, 2.24) is 19.4 Å². The average molecular weight is 420 g/mol. The molecule has 1 atom stereocenters. The summed E-state index contributed by atoms with van der Waals surface area (Å²) in [6.07, 6.45) is 4.99. The van der Waals surface area contributed by atoms with Gasteiger partial charge in [-0.15, -0.1) is 0 Å². The minimum atomic E-state index is -0.493. The molecule has 1 unspecified atom stereocenters. The summed E-state index contributed by atoms with van der Waals surface area (Å²) < 4.78 is 7.43. The SMILES string of the molecule is [B]c1cccc(C2C(=O)N(CC3CCN(C(=O)OC(C)(C)C)CC3)Cc3cncn32)c1. The highest BCUT2D eigenvalue weighted by molar-refractivity contribution is 6.32. The van der Waals surface area contributed by atoms with Crippen LogP contribution in [0.4, 0.5) is 4.79 Å². The van der Waals surface area contributed by atoms with E-state index >= 15 is 0 Å². The van der Waals surface area contributed by atoms with Gasteiger partial charge >= 0.3 is 6.09 Å². The van der Waals surface area contributed by atoms with Crippen LogP contribution in [-0.2, 0) is 16.1 Å². The zero-order chi connectivity index (χ0) is 22.2. The average Bonchev–Trinajstić information content (AvgIpc) is 3.15. The maximum atomic E-state index is 13.5. The van der Waals surface area contributed by atoms with Crippen LogP contribution in [0.1, 0.15) is 50.9 Å². The molecule has 1 aromatic heterocycles. The van der Waals surface area contributed by atoms with Crippen molar-refractivity contribution in [2.24, 2.45) is 5.92 Å². The largest absolute Gasteiger partial charge is 0.444 e. The van der Waals surface area contributed by atoms with Gasteiger partial charge in [-0.2, -0.15) is 0 Å². The molecule has 2 aliphatic heterocycles. The second-order valence-corrected chi connectivity index (χ2v) is 9.49. The maximum Gasteiger partial charge on any atom is 0.410 e. The molecule has 0 aliphatic carbocycles. The first-order chi connectivity index (χ1) is 14.7. The summed E-state index contributed by atoms with van der Waals surface area (Å²) in [7, 11) is 5.97. The molecule has 0 N–H and O–H groups in total. The van der Waals surface area contributed by atoms with Crippen LogP contribution in [0.5, 0.6) is 0 Å². The highest BCUT2D eigenvalue weighted by atomic mass is 16.6. The minimum absolute atomic E-state index is 0.0608. The molecule has 2 aromatic rings. The Balaban J connectivity index is 1.43. The van der Waals surface area contributed by atoms with E-state index in [-0.39, 0.29) is 12.0 Å². The number of likely N-dealkylation sites (tertiary alicyclic amines) is 1. The number of hydrogen-bond donors (Lipinski definition) is 0. The molecule has 7 nitrogen and oxygen atoms in total. The van der Waals surface area contributed by atoms with Gasteiger partial charge in [0.25, 0.3) is 5.91 Å². The van der Waals surface area contributed by atoms with E-state index in [1.807, 2.05) is 60.7 Å². The number of piperidine rings is 1. The van der Waals surface area contributed by atoms with Crippen LogP contribution < -0.4 is 5.46 Å². The van der Waals surface area contributed by atoms with E-state index in [0.29, 0.717) is 37.6 Å². The second-order valence-electron chi connectivity index (χ2n) is 9.49. The highest BCUT2D eigenvalue weighted by Crippen LogP contribution is 2.30. The molecule has 2 amide bonds. The quantitative estimate of drug-likeness (QED) is 0.715. The highest BCUT2D eigenvalue weighted by Gasteiger charge is 2.36. The van der Waals surface area contributed by atoms with Crippen LogP contribution in [0.3, 0.4) is 0 Å². The third-order valence-corrected chi connectivity index (χ3v) is 5.89. The number of hydrogen-bond acceptors (Lipinski definition) is 4. The Morgan fingerprint density at radius 1 is 1.26 bits per heavy atom. The van der Waals surface area contributed by atoms with Crippen molar-refractivity contribution in [1.29, 1.82) is 0 Å². The van der Waals surface area contributed by atoms with Crippen LogP contribution in [-0.4, -0.2) is 64.4 Å². The van der Waals surface area contributed by atoms with Gasteiger partial charge in [-0.3, -0.25) is 4.79 Å². The van der Waals surface area contributed by atoms with Crippen molar-refractivity contribution in [3.05, 3.63) is 48.0 Å². The van der Waals surface area contributed by atoms with Gasteiger partial charge in [0.1, 0.15) is 19.5 Å². The van der Waals surface area contributed by atoms with Crippen molar-refractivity contribution in [3.8, 4) is 0 Å².